The predicted octanol–water partition coefficient (Wildman–Crippen LogP) is 10.6. The van der Waals surface area contributed by atoms with E-state index in [-0.39, 0.29) is 0 Å². The van der Waals surface area contributed by atoms with Gasteiger partial charge in [0, 0.05) is 11.8 Å². The summed E-state index contributed by atoms with van der Waals surface area (Å²) in [6, 6.07) is 25.4. The molecule has 0 saturated heterocycles. The first-order chi connectivity index (χ1) is 18.9. The zero-order chi connectivity index (χ0) is 27.8. The Kier molecular flexibility index (Phi) is 8.86. The topological polar surface area (TPSA) is 12.9 Å². The molecule has 0 atom stereocenters. The molecular weight excluding hydrogens is 470 g/mol. The number of fused-ring (bicyclic) bond motifs is 1. The molecule has 1 nitrogen and oxygen atoms in total. The normalized spacial score (nSPS) is 12.4. The number of pyridine rings is 1. The zero-order valence-corrected chi connectivity index (χ0v) is 23.1. The molecule has 4 aromatic rings. The van der Waals surface area contributed by atoms with Crippen molar-refractivity contribution in [3.63, 3.8) is 0 Å². The fourth-order valence-corrected chi connectivity index (χ4v) is 4.53. The second-order valence-corrected chi connectivity index (χ2v) is 9.44. The molecule has 0 unspecified atom stereocenters. The summed E-state index contributed by atoms with van der Waals surface area (Å²) < 4.78 is 0. The summed E-state index contributed by atoms with van der Waals surface area (Å²) >= 11 is 0. The Bertz CT molecular complexity index is 1650. The Morgan fingerprint density at radius 1 is 0.769 bits per heavy atom. The number of rotatable bonds is 9. The van der Waals surface area contributed by atoms with Crippen LogP contribution >= 0.6 is 0 Å². The predicted molar refractivity (Wildman–Crippen MR) is 172 cm³/mol. The molecule has 39 heavy (non-hydrogen) atoms. The molecule has 1 heteroatoms. The van der Waals surface area contributed by atoms with Crippen molar-refractivity contribution in [2.45, 2.75) is 20.8 Å². The molecule has 0 bridgehead atoms. The maximum absolute atomic E-state index is 4.69. The lowest BCUT2D eigenvalue weighted by Crippen LogP contribution is -1.89. The van der Waals surface area contributed by atoms with E-state index in [0.29, 0.717) is 0 Å². The third-order valence-electron chi connectivity index (χ3n) is 6.95. The average Bonchev–Trinajstić information content (AvgIpc) is 2.98. The van der Waals surface area contributed by atoms with E-state index in [4.69, 9.17) is 4.98 Å². The second kappa shape index (κ2) is 12.7. The van der Waals surface area contributed by atoms with Crippen molar-refractivity contribution in [1.82, 2.24) is 4.98 Å². The molecule has 0 spiro atoms. The van der Waals surface area contributed by atoms with Crippen LogP contribution in [0.1, 0.15) is 36.1 Å². The molecular formula is C38H35N. The lowest BCUT2D eigenvalue weighted by atomic mass is 9.96. The highest BCUT2D eigenvalue weighted by Gasteiger charge is 2.06. The van der Waals surface area contributed by atoms with Crippen LogP contribution in [-0.2, 0) is 0 Å². The molecule has 192 valence electrons. The van der Waals surface area contributed by atoms with Gasteiger partial charge in [0.1, 0.15) is 0 Å². The fraction of sp³-hybridized carbons (Fsp3) is 0.0789. The van der Waals surface area contributed by atoms with Crippen LogP contribution in [0.15, 0.2) is 146 Å². The number of hydrogen-bond donors (Lipinski definition) is 0. The molecule has 0 radical (unpaired) electrons. The van der Waals surface area contributed by atoms with E-state index in [9.17, 15) is 0 Å². The van der Waals surface area contributed by atoms with Gasteiger partial charge < -0.3 is 0 Å². The molecule has 0 aliphatic rings. The average molecular weight is 506 g/mol. The zero-order valence-electron chi connectivity index (χ0n) is 23.1. The van der Waals surface area contributed by atoms with Gasteiger partial charge in [0.25, 0.3) is 0 Å². The molecule has 0 fully saturated rings. The maximum atomic E-state index is 4.69. The standard InChI is InChI=1S/C38H35N/c1-7-30(8-2)35-23-24-38(39-26-35)34-22-19-29(6)33(25-34)21-18-28(5)27(4)17-20-31(9-3)36-16-12-14-32-13-10-11-15-37(32)36/h7-26H,1,4-5H2,2-3,6H3/b20-17-,21-18-,30-8+,31-9+. The molecule has 0 amide bonds. The number of allylic oxidation sites excluding steroid dienone is 10. The van der Waals surface area contributed by atoms with Crippen molar-refractivity contribution in [1.29, 1.82) is 0 Å². The van der Waals surface area contributed by atoms with Crippen LogP contribution in [-0.4, -0.2) is 4.98 Å². The number of aromatic nitrogens is 1. The van der Waals surface area contributed by atoms with Gasteiger partial charge in [0.05, 0.1) is 5.69 Å². The van der Waals surface area contributed by atoms with E-state index in [1.54, 1.807) is 0 Å². The Labute approximate surface area is 233 Å². The summed E-state index contributed by atoms with van der Waals surface area (Å²) in [5.41, 5.74) is 10.6. The van der Waals surface area contributed by atoms with Crippen LogP contribution < -0.4 is 0 Å². The van der Waals surface area contributed by atoms with E-state index in [2.05, 4.69) is 125 Å². The number of aryl methyl sites for hydroxylation is 1. The quantitative estimate of drug-likeness (QED) is 0.206. The molecule has 0 aliphatic heterocycles. The summed E-state index contributed by atoms with van der Waals surface area (Å²) in [6.07, 6.45) is 16.2. The smallest absolute Gasteiger partial charge is 0.0702 e. The van der Waals surface area contributed by atoms with E-state index >= 15 is 0 Å². The molecule has 4 rings (SSSR count). The number of hydrogen-bond acceptors (Lipinski definition) is 1. The largest absolute Gasteiger partial charge is 0.256 e. The minimum absolute atomic E-state index is 0.871. The van der Waals surface area contributed by atoms with Gasteiger partial charge in [-0.2, -0.15) is 0 Å². The lowest BCUT2D eigenvalue weighted by molar-refractivity contribution is 1.30. The van der Waals surface area contributed by atoms with E-state index in [0.717, 1.165) is 44.7 Å². The SMILES string of the molecule is C=C/C(=C\C)c1ccc(-c2ccc(C)c(/C=C\C(=C)C(=C)/C=C\C(=C/C)c3cccc4ccccc34)c2)nc1. The summed E-state index contributed by atoms with van der Waals surface area (Å²) in [6.45, 7) is 18.6. The van der Waals surface area contributed by atoms with Gasteiger partial charge in [-0.3, -0.25) is 4.98 Å². The van der Waals surface area contributed by atoms with Crippen molar-refractivity contribution >= 4 is 28.0 Å². The van der Waals surface area contributed by atoms with Crippen LogP contribution in [0.5, 0.6) is 0 Å². The van der Waals surface area contributed by atoms with Crippen LogP contribution in [0.25, 0.3) is 39.3 Å². The minimum atomic E-state index is 0.871. The van der Waals surface area contributed by atoms with Crippen molar-refractivity contribution in [2.24, 2.45) is 0 Å². The number of nitrogens with zero attached hydrogens (tertiary/aromatic N) is 1. The van der Waals surface area contributed by atoms with Crippen molar-refractivity contribution in [2.75, 3.05) is 0 Å². The molecule has 0 aliphatic carbocycles. The maximum Gasteiger partial charge on any atom is 0.0702 e. The summed E-state index contributed by atoms with van der Waals surface area (Å²) in [7, 11) is 0. The highest BCUT2D eigenvalue weighted by molar-refractivity contribution is 5.96. The highest BCUT2D eigenvalue weighted by atomic mass is 14.7. The van der Waals surface area contributed by atoms with Gasteiger partial charge in [0.15, 0.2) is 0 Å². The molecule has 1 aromatic heterocycles. The van der Waals surface area contributed by atoms with Gasteiger partial charge >= 0.3 is 0 Å². The molecule has 3 aromatic carbocycles. The third-order valence-corrected chi connectivity index (χ3v) is 6.95. The first-order valence-electron chi connectivity index (χ1n) is 13.2. The van der Waals surface area contributed by atoms with E-state index in [1.807, 2.05) is 37.4 Å². The van der Waals surface area contributed by atoms with Gasteiger partial charge in [-0.1, -0.05) is 123 Å². The summed E-state index contributed by atoms with van der Waals surface area (Å²) in [4.78, 5) is 4.69. The first kappa shape index (κ1) is 27.3. The van der Waals surface area contributed by atoms with Crippen LogP contribution in [0.4, 0.5) is 0 Å². The third kappa shape index (κ3) is 6.40. The molecule has 1 heterocycles. The van der Waals surface area contributed by atoms with Crippen LogP contribution in [0.2, 0.25) is 0 Å². The Balaban J connectivity index is 1.50. The molecule has 0 N–H and O–H groups in total. The Morgan fingerprint density at radius 3 is 2.23 bits per heavy atom. The van der Waals surface area contributed by atoms with E-state index in [1.165, 1.54) is 21.9 Å². The van der Waals surface area contributed by atoms with Gasteiger partial charge in [-0.25, -0.2) is 0 Å². The van der Waals surface area contributed by atoms with Gasteiger partial charge in [0.2, 0.25) is 0 Å². The first-order valence-corrected chi connectivity index (χ1v) is 13.2. The van der Waals surface area contributed by atoms with Crippen LogP contribution in [0, 0.1) is 6.92 Å². The lowest BCUT2D eigenvalue weighted by Gasteiger charge is -2.09. The number of benzene rings is 3. The van der Waals surface area contributed by atoms with Crippen LogP contribution in [0.3, 0.4) is 0 Å². The Hall–Kier alpha value is -4.75. The van der Waals surface area contributed by atoms with Crippen molar-refractivity contribution in [3.8, 4) is 11.3 Å². The summed E-state index contributed by atoms with van der Waals surface area (Å²) in [5, 5.41) is 2.47. The highest BCUT2D eigenvalue weighted by Crippen LogP contribution is 2.27. The second-order valence-electron chi connectivity index (χ2n) is 9.44. The van der Waals surface area contributed by atoms with Gasteiger partial charge in [-0.15, -0.1) is 0 Å². The van der Waals surface area contributed by atoms with Crippen molar-refractivity contribution in [3.05, 3.63) is 169 Å². The monoisotopic (exact) mass is 505 g/mol. The van der Waals surface area contributed by atoms with Crippen molar-refractivity contribution < 1.29 is 0 Å². The summed E-state index contributed by atoms with van der Waals surface area (Å²) in [5.74, 6) is 0. The Morgan fingerprint density at radius 2 is 1.51 bits per heavy atom. The molecule has 0 saturated carbocycles. The van der Waals surface area contributed by atoms with E-state index < -0.39 is 0 Å². The van der Waals surface area contributed by atoms with Gasteiger partial charge in [-0.05, 0) is 88.2 Å². The fourth-order valence-electron chi connectivity index (χ4n) is 4.53. The minimum Gasteiger partial charge on any atom is -0.256 e.